The topological polar surface area (TPSA) is 80.0 Å². The predicted octanol–water partition coefficient (Wildman–Crippen LogP) is 3.30. The summed E-state index contributed by atoms with van der Waals surface area (Å²) in [5.74, 6) is 2.10. The van der Waals surface area contributed by atoms with Crippen molar-refractivity contribution in [2.45, 2.75) is 6.92 Å². The molecule has 0 bridgehead atoms. The van der Waals surface area contributed by atoms with E-state index in [9.17, 15) is 4.79 Å². The van der Waals surface area contributed by atoms with Crippen LogP contribution in [0.15, 0.2) is 35.9 Å². The van der Waals surface area contributed by atoms with E-state index in [-0.39, 0.29) is 12.6 Å². The van der Waals surface area contributed by atoms with Crippen LogP contribution in [0.2, 0.25) is 0 Å². The second-order valence-electron chi connectivity index (χ2n) is 5.57. The van der Waals surface area contributed by atoms with Gasteiger partial charge in [-0.05, 0) is 54.5 Å². The van der Waals surface area contributed by atoms with E-state index in [0.29, 0.717) is 39.8 Å². The van der Waals surface area contributed by atoms with E-state index in [2.05, 4.69) is 0 Å². The zero-order valence-corrected chi connectivity index (χ0v) is 14.3. The van der Waals surface area contributed by atoms with Crippen LogP contribution in [0.3, 0.4) is 0 Å². The molecule has 0 aliphatic carbocycles. The van der Waals surface area contributed by atoms with E-state index in [1.165, 1.54) is 7.11 Å². The van der Waals surface area contributed by atoms with Crippen LogP contribution in [0.4, 0.5) is 5.69 Å². The van der Waals surface area contributed by atoms with Crippen LogP contribution in [-0.4, -0.2) is 26.8 Å². The molecule has 2 aromatic carbocycles. The normalized spacial score (nSPS) is 12.8. The summed E-state index contributed by atoms with van der Waals surface area (Å²) >= 11 is 0. The van der Waals surface area contributed by atoms with Crippen molar-refractivity contribution in [2.24, 2.45) is 0 Å². The Morgan fingerprint density at radius 2 is 1.88 bits per heavy atom. The maximum Gasteiger partial charge on any atom is 0.231 e. The summed E-state index contributed by atoms with van der Waals surface area (Å²) in [6, 6.07) is 8.58. The minimum absolute atomic E-state index is 0.116. The monoisotopic (exact) mass is 341 g/mol. The first-order valence-corrected chi connectivity index (χ1v) is 7.67. The van der Waals surface area contributed by atoms with Crippen molar-refractivity contribution in [1.82, 2.24) is 0 Å². The number of nitrogen functional groups attached to an aromatic ring is 1. The number of fused-ring (bicyclic) bond motifs is 1. The first kappa shape index (κ1) is 16.7. The Morgan fingerprint density at radius 1 is 1.12 bits per heavy atom. The Kier molecular flexibility index (Phi) is 4.52. The number of benzene rings is 2. The molecule has 0 saturated carbocycles. The molecular formula is C19H19NO5. The molecule has 0 aromatic heterocycles. The van der Waals surface area contributed by atoms with Gasteiger partial charge in [0.1, 0.15) is 5.75 Å². The summed E-state index contributed by atoms with van der Waals surface area (Å²) in [7, 11) is 3.07. The largest absolute Gasteiger partial charge is 0.495 e. The van der Waals surface area contributed by atoms with E-state index < -0.39 is 0 Å². The van der Waals surface area contributed by atoms with Gasteiger partial charge >= 0.3 is 0 Å². The zero-order chi connectivity index (χ0) is 18.0. The van der Waals surface area contributed by atoms with Gasteiger partial charge in [0.25, 0.3) is 0 Å². The van der Waals surface area contributed by atoms with Crippen LogP contribution in [0.25, 0.3) is 6.08 Å². The molecule has 2 N–H and O–H groups in total. The van der Waals surface area contributed by atoms with E-state index in [1.54, 1.807) is 44.4 Å². The van der Waals surface area contributed by atoms with Crippen LogP contribution in [0, 0.1) is 0 Å². The Hall–Kier alpha value is -3.15. The van der Waals surface area contributed by atoms with Gasteiger partial charge in [-0.1, -0.05) is 0 Å². The van der Waals surface area contributed by atoms with Crippen LogP contribution in [0.5, 0.6) is 23.0 Å². The standard InChI is InChI=1S/C19H19NO5/c1-11(18(21)13-4-5-14(20)15(9-13)22-2)6-12-7-16(23-3)19-17(8-12)24-10-25-19/h4-9H,10,20H2,1-3H3. The maximum atomic E-state index is 12.7. The lowest BCUT2D eigenvalue weighted by Crippen LogP contribution is -2.02. The van der Waals surface area contributed by atoms with Crippen molar-refractivity contribution >= 4 is 17.5 Å². The average molecular weight is 341 g/mol. The fourth-order valence-electron chi connectivity index (χ4n) is 2.63. The Morgan fingerprint density at radius 3 is 2.60 bits per heavy atom. The molecular weight excluding hydrogens is 322 g/mol. The zero-order valence-electron chi connectivity index (χ0n) is 14.3. The van der Waals surface area contributed by atoms with Crippen LogP contribution in [0.1, 0.15) is 22.8 Å². The highest BCUT2D eigenvalue weighted by molar-refractivity contribution is 6.11. The van der Waals surface area contributed by atoms with Crippen molar-refractivity contribution in [3.63, 3.8) is 0 Å². The molecule has 3 rings (SSSR count). The summed E-state index contributed by atoms with van der Waals surface area (Å²) < 4.78 is 21.3. The molecule has 0 radical (unpaired) electrons. The molecule has 2 aromatic rings. The molecule has 0 unspecified atom stereocenters. The molecule has 0 saturated heterocycles. The van der Waals surface area contributed by atoms with Crippen molar-refractivity contribution in [3.8, 4) is 23.0 Å². The highest BCUT2D eigenvalue weighted by Gasteiger charge is 2.20. The molecule has 25 heavy (non-hydrogen) atoms. The molecule has 6 heteroatoms. The summed E-state index contributed by atoms with van der Waals surface area (Å²) in [6.45, 7) is 1.91. The first-order valence-electron chi connectivity index (χ1n) is 7.67. The number of allylic oxidation sites excluding steroid dienone is 1. The van der Waals surface area contributed by atoms with Crippen molar-refractivity contribution in [1.29, 1.82) is 0 Å². The molecule has 1 heterocycles. The van der Waals surface area contributed by atoms with Crippen LogP contribution in [-0.2, 0) is 0 Å². The molecule has 0 spiro atoms. The molecule has 0 fully saturated rings. The van der Waals surface area contributed by atoms with Gasteiger partial charge in [0, 0.05) is 5.56 Å². The van der Waals surface area contributed by atoms with Gasteiger partial charge in [-0.2, -0.15) is 0 Å². The van der Waals surface area contributed by atoms with E-state index in [0.717, 1.165) is 5.56 Å². The Labute approximate surface area is 145 Å². The Bertz CT molecular complexity index is 857. The second-order valence-corrected chi connectivity index (χ2v) is 5.57. The van der Waals surface area contributed by atoms with Gasteiger partial charge in [0.05, 0.1) is 19.9 Å². The van der Waals surface area contributed by atoms with Crippen molar-refractivity contribution < 1.29 is 23.7 Å². The third-order valence-electron chi connectivity index (χ3n) is 3.92. The number of carbonyl (C=O) groups is 1. The number of ether oxygens (including phenoxy) is 4. The minimum atomic E-state index is -0.116. The third-order valence-corrected chi connectivity index (χ3v) is 3.92. The number of nitrogens with two attached hydrogens (primary N) is 1. The van der Waals surface area contributed by atoms with Gasteiger partial charge in [0.2, 0.25) is 12.5 Å². The van der Waals surface area contributed by atoms with E-state index in [1.807, 2.05) is 6.07 Å². The molecule has 1 aliphatic heterocycles. The van der Waals surface area contributed by atoms with Gasteiger partial charge in [0.15, 0.2) is 17.3 Å². The van der Waals surface area contributed by atoms with Gasteiger partial charge in [-0.3, -0.25) is 4.79 Å². The van der Waals surface area contributed by atoms with Crippen molar-refractivity contribution in [3.05, 3.63) is 47.0 Å². The predicted molar refractivity (Wildman–Crippen MR) is 94.5 cm³/mol. The number of hydrogen-bond donors (Lipinski definition) is 1. The fourth-order valence-corrected chi connectivity index (χ4v) is 2.63. The number of hydrogen-bond acceptors (Lipinski definition) is 6. The van der Waals surface area contributed by atoms with Crippen molar-refractivity contribution in [2.75, 3.05) is 26.7 Å². The SMILES string of the molecule is COc1cc(C(=O)C(C)=Cc2cc(OC)c3c(c2)OCO3)ccc1N. The maximum absolute atomic E-state index is 12.7. The smallest absolute Gasteiger partial charge is 0.231 e. The second kappa shape index (κ2) is 6.76. The number of methoxy groups -OCH3 is 2. The quantitative estimate of drug-likeness (QED) is 0.511. The highest BCUT2D eigenvalue weighted by atomic mass is 16.7. The summed E-state index contributed by atoms with van der Waals surface area (Å²) in [4.78, 5) is 12.7. The average Bonchev–Trinajstić information content (AvgIpc) is 3.09. The molecule has 130 valence electrons. The number of Topliss-reactive ketones (excluding diaryl/α,β-unsaturated/α-hetero) is 1. The number of carbonyl (C=O) groups excluding carboxylic acids is 1. The number of anilines is 1. The summed E-state index contributed by atoms with van der Waals surface area (Å²) in [5.41, 5.74) is 8.14. The number of ketones is 1. The fraction of sp³-hybridized carbons (Fsp3) is 0.211. The molecule has 0 amide bonds. The first-order chi connectivity index (χ1) is 12.0. The summed E-state index contributed by atoms with van der Waals surface area (Å²) in [6.07, 6.45) is 1.77. The third kappa shape index (κ3) is 3.24. The van der Waals surface area contributed by atoms with Crippen LogP contribution < -0.4 is 24.7 Å². The van der Waals surface area contributed by atoms with E-state index >= 15 is 0 Å². The highest BCUT2D eigenvalue weighted by Crippen LogP contribution is 2.42. The minimum Gasteiger partial charge on any atom is -0.495 e. The lowest BCUT2D eigenvalue weighted by atomic mass is 10.0. The van der Waals surface area contributed by atoms with Crippen LogP contribution >= 0.6 is 0 Å². The molecule has 0 atom stereocenters. The van der Waals surface area contributed by atoms with Gasteiger partial charge in [-0.15, -0.1) is 0 Å². The van der Waals surface area contributed by atoms with E-state index in [4.69, 9.17) is 24.7 Å². The lowest BCUT2D eigenvalue weighted by molar-refractivity contribution is 0.103. The number of rotatable bonds is 5. The summed E-state index contributed by atoms with van der Waals surface area (Å²) in [5, 5.41) is 0. The molecule has 6 nitrogen and oxygen atoms in total. The lowest BCUT2D eigenvalue weighted by Gasteiger charge is -2.08. The Balaban J connectivity index is 1.92. The van der Waals surface area contributed by atoms with Gasteiger partial charge < -0.3 is 24.7 Å². The van der Waals surface area contributed by atoms with Gasteiger partial charge in [-0.25, -0.2) is 0 Å². The molecule has 1 aliphatic rings.